The predicted molar refractivity (Wildman–Crippen MR) is 115 cm³/mol. The monoisotopic (exact) mass is 439 g/mol. The van der Waals surface area contributed by atoms with Crippen molar-refractivity contribution in [3.05, 3.63) is 82.9 Å². The maximum absolute atomic E-state index is 12.2. The fraction of sp³-hybridized carbons (Fsp3) is 0.0909. The van der Waals surface area contributed by atoms with Crippen LogP contribution in [0.15, 0.2) is 77.0 Å². The summed E-state index contributed by atoms with van der Waals surface area (Å²) < 4.78 is 10.3. The number of carbonyl (C=O) groups is 2. The predicted octanol–water partition coefficient (Wildman–Crippen LogP) is 5.47. The maximum atomic E-state index is 12.2. The number of methoxy groups -OCH3 is 2. The topological polar surface area (TPSA) is 98.6 Å². The molecule has 3 aromatic carbocycles. The summed E-state index contributed by atoms with van der Waals surface area (Å²) in [4.78, 5) is 29.3. The lowest BCUT2D eigenvalue weighted by Crippen LogP contribution is -2.11. The van der Waals surface area contributed by atoms with Crippen LogP contribution in [-0.4, -0.2) is 26.1 Å². The van der Waals surface area contributed by atoms with Crippen molar-refractivity contribution in [2.24, 2.45) is 10.2 Å². The third-order valence-electron chi connectivity index (χ3n) is 4.08. The van der Waals surface area contributed by atoms with Gasteiger partial charge in [0.2, 0.25) is 0 Å². The highest BCUT2D eigenvalue weighted by Crippen LogP contribution is 2.28. The molecule has 31 heavy (non-hydrogen) atoms. The smallest absolute Gasteiger partial charge is 0.362 e. The average Bonchev–Trinajstić information content (AvgIpc) is 2.81. The average molecular weight is 440 g/mol. The van der Waals surface area contributed by atoms with E-state index >= 15 is 0 Å². The minimum absolute atomic E-state index is 0.287. The zero-order valence-electron chi connectivity index (χ0n) is 16.7. The summed E-state index contributed by atoms with van der Waals surface area (Å²) in [6, 6.07) is 17.6. The molecule has 0 radical (unpaired) electrons. The molecular formula is C22H18ClN3O5. The third-order valence-corrected chi connectivity index (χ3v) is 4.31. The molecule has 0 fully saturated rings. The Kier molecular flexibility index (Phi) is 7.18. The second-order valence-corrected chi connectivity index (χ2v) is 6.56. The molecule has 3 rings (SSSR count). The number of anilines is 1. The molecule has 0 aliphatic rings. The Morgan fingerprint density at radius 3 is 2.29 bits per heavy atom. The maximum Gasteiger partial charge on any atom is 0.362 e. The molecule has 0 heterocycles. The van der Waals surface area contributed by atoms with Crippen LogP contribution >= 0.6 is 11.6 Å². The zero-order valence-corrected chi connectivity index (χ0v) is 17.4. The van der Waals surface area contributed by atoms with Gasteiger partial charge in [0.1, 0.15) is 0 Å². The van der Waals surface area contributed by atoms with Crippen LogP contribution in [0.4, 0.5) is 11.4 Å². The number of nitrogens with one attached hydrogen (secondary N) is 1. The van der Waals surface area contributed by atoms with Crippen molar-refractivity contribution in [3.8, 4) is 11.5 Å². The minimum Gasteiger partial charge on any atom is -0.493 e. The van der Waals surface area contributed by atoms with Crippen LogP contribution in [0, 0.1) is 0 Å². The first-order valence-electron chi connectivity index (χ1n) is 9.01. The van der Waals surface area contributed by atoms with E-state index in [9.17, 15) is 9.59 Å². The van der Waals surface area contributed by atoms with Gasteiger partial charge in [-0.25, -0.2) is 10.3 Å². The van der Waals surface area contributed by atoms with Crippen LogP contribution in [0.3, 0.4) is 0 Å². The lowest BCUT2D eigenvalue weighted by molar-refractivity contribution is 0.0596. The number of halogens is 1. The fourth-order valence-electron chi connectivity index (χ4n) is 2.51. The van der Waals surface area contributed by atoms with E-state index in [-0.39, 0.29) is 5.56 Å². The number of nitrogens with zero attached hydrogens (tertiary/aromatic N) is 2. The van der Waals surface area contributed by atoms with Gasteiger partial charge in [-0.05, 0) is 60.7 Å². The van der Waals surface area contributed by atoms with E-state index in [4.69, 9.17) is 25.9 Å². The number of amides is 1. The Bertz CT molecular complexity index is 1120. The van der Waals surface area contributed by atoms with Gasteiger partial charge >= 0.3 is 5.97 Å². The summed E-state index contributed by atoms with van der Waals surface area (Å²) in [6.07, 6.45) is 0. The molecule has 9 heteroatoms. The Morgan fingerprint density at radius 2 is 1.61 bits per heavy atom. The highest BCUT2D eigenvalue weighted by atomic mass is 35.5. The van der Waals surface area contributed by atoms with Gasteiger partial charge in [0.05, 0.1) is 31.2 Å². The van der Waals surface area contributed by atoms with Crippen molar-refractivity contribution >= 4 is 34.9 Å². The van der Waals surface area contributed by atoms with E-state index in [2.05, 4.69) is 15.7 Å². The first-order valence-corrected chi connectivity index (χ1v) is 9.39. The Morgan fingerprint density at radius 1 is 0.871 bits per heavy atom. The number of benzene rings is 3. The van der Waals surface area contributed by atoms with E-state index in [1.165, 1.54) is 26.4 Å². The van der Waals surface area contributed by atoms with Crippen molar-refractivity contribution in [1.82, 2.24) is 0 Å². The highest BCUT2D eigenvalue weighted by molar-refractivity contribution is 6.30. The molecule has 0 spiro atoms. The molecule has 0 bridgehead atoms. The van der Waals surface area contributed by atoms with Gasteiger partial charge < -0.3 is 14.3 Å². The van der Waals surface area contributed by atoms with Gasteiger partial charge in [-0.15, -0.1) is 10.2 Å². The number of hydrogen-bond acceptors (Lipinski definition) is 7. The molecule has 0 unspecified atom stereocenters. The summed E-state index contributed by atoms with van der Waals surface area (Å²) in [7, 11) is 2.99. The molecule has 158 valence electrons. The number of hydrogen-bond donors (Lipinski definition) is 1. The van der Waals surface area contributed by atoms with Gasteiger partial charge in [0, 0.05) is 10.6 Å². The van der Waals surface area contributed by atoms with Crippen LogP contribution in [0.2, 0.25) is 5.02 Å². The third kappa shape index (κ3) is 5.80. The highest BCUT2D eigenvalue weighted by Gasteiger charge is 2.12. The van der Waals surface area contributed by atoms with Crippen molar-refractivity contribution in [2.45, 2.75) is 0 Å². The quantitative estimate of drug-likeness (QED) is 0.387. The summed E-state index contributed by atoms with van der Waals surface area (Å²) in [5.41, 5.74) is 4.15. The van der Waals surface area contributed by atoms with Crippen LogP contribution in [0.1, 0.15) is 20.7 Å². The van der Waals surface area contributed by atoms with Gasteiger partial charge in [-0.2, -0.15) is 0 Å². The van der Waals surface area contributed by atoms with Gasteiger partial charge in [-0.1, -0.05) is 17.7 Å². The van der Waals surface area contributed by atoms with Gasteiger partial charge in [0.15, 0.2) is 11.5 Å². The standard InChI is InChI=1S/C22H18ClN3O5/c1-29-19-11-6-15(13-20(19)30-2)22(28)31-26-18-9-7-17(8-10-18)24-25-21(27)14-4-3-5-16(23)12-14/h3-13,26H,1-2H3. The second kappa shape index (κ2) is 10.2. The van der Waals surface area contributed by atoms with Crippen LogP contribution in [0.5, 0.6) is 11.5 Å². The number of rotatable bonds is 7. The fourth-order valence-corrected chi connectivity index (χ4v) is 2.70. The van der Waals surface area contributed by atoms with Crippen LogP contribution in [-0.2, 0) is 4.84 Å². The number of carbonyl (C=O) groups excluding carboxylic acids is 2. The first-order chi connectivity index (χ1) is 15.0. The molecule has 0 saturated carbocycles. The summed E-state index contributed by atoms with van der Waals surface area (Å²) in [6.45, 7) is 0. The minimum atomic E-state index is -0.600. The van der Waals surface area contributed by atoms with E-state index in [1.807, 2.05) is 0 Å². The molecule has 1 N–H and O–H groups in total. The molecule has 0 saturated heterocycles. The summed E-state index contributed by atoms with van der Waals surface area (Å²) in [5, 5.41) is 8.03. The molecular weight excluding hydrogens is 422 g/mol. The number of ether oxygens (including phenoxy) is 2. The van der Waals surface area contributed by atoms with Crippen molar-refractivity contribution < 1.29 is 23.9 Å². The van der Waals surface area contributed by atoms with Crippen molar-refractivity contribution in [2.75, 3.05) is 19.7 Å². The number of azo groups is 1. The van der Waals surface area contributed by atoms with E-state index in [0.29, 0.717) is 33.5 Å². The van der Waals surface area contributed by atoms with Crippen LogP contribution in [0.25, 0.3) is 0 Å². The SMILES string of the molecule is COc1ccc(C(=O)ONc2ccc(N=NC(=O)c3cccc(Cl)c3)cc2)cc1OC. The molecule has 8 nitrogen and oxygen atoms in total. The lowest BCUT2D eigenvalue weighted by atomic mass is 10.2. The Hall–Kier alpha value is -3.91. The second-order valence-electron chi connectivity index (χ2n) is 6.12. The molecule has 0 aliphatic carbocycles. The molecule has 3 aromatic rings. The van der Waals surface area contributed by atoms with Gasteiger partial charge in [-0.3, -0.25) is 4.79 Å². The Balaban J connectivity index is 1.58. The lowest BCUT2D eigenvalue weighted by Gasteiger charge is -2.10. The molecule has 0 atom stereocenters. The van der Waals surface area contributed by atoms with Crippen molar-refractivity contribution in [1.29, 1.82) is 0 Å². The molecule has 0 aliphatic heterocycles. The van der Waals surface area contributed by atoms with Crippen LogP contribution < -0.4 is 15.0 Å². The molecule has 1 amide bonds. The van der Waals surface area contributed by atoms with E-state index in [0.717, 1.165) is 0 Å². The summed E-state index contributed by atoms with van der Waals surface area (Å²) in [5.74, 6) is -0.185. The van der Waals surface area contributed by atoms with E-state index in [1.54, 1.807) is 54.6 Å². The first kappa shape index (κ1) is 21.8. The molecule has 0 aromatic heterocycles. The normalized spacial score (nSPS) is 10.5. The van der Waals surface area contributed by atoms with Gasteiger partial charge in [0.25, 0.3) is 5.91 Å². The largest absolute Gasteiger partial charge is 0.493 e. The van der Waals surface area contributed by atoms with E-state index < -0.39 is 11.9 Å². The Labute approximate surface area is 183 Å². The summed E-state index contributed by atoms with van der Waals surface area (Å²) >= 11 is 5.86. The zero-order chi connectivity index (χ0) is 22.2. The van der Waals surface area contributed by atoms with Crippen molar-refractivity contribution in [3.63, 3.8) is 0 Å².